The summed E-state index contributed by atoms with van der Waals surface area (Å²) in [4.78, 5) is 6.99. The van der Waals surface area contributed by atoms with Crippen molar-refractivity contribution >= 4 is 5.96 Å². The molecule has 2 aliphatic heterocycles. The van der Waals surface area contributed by atoms with Crippen LogP contribution in [0.3, 0.4) is 0 Å². The number of hydrogen-bond donors (Lipinski definition) is 2. The Morgan fingerprint density at radius 2 is 2.15 bits per heavy atom. The lowest BCUT2D eigenvalue weighted by Gasteiger charge is -2.34. The number of ether oxygens (including phenoxy) is 1. The van der Waals surface area contributed by atoms with Crippen LogP contribution in [0, 0.1) is 5.92 Å². The molecule has 5 heteroatoms. The van der Waals surface area contributed by atoms with Gasteiger partial charge in [0.2, 0.25) is 0 Å². The van der Waals surface area contributed by atoms with E-state index in [9.17, 15) is 0 Å². The van der Waals surface area contributed by atoms with Crippen LogP contribution in [-0.4, -0.2) is 55.8 Å². The molecule has 0 bridgehead atoms. The summed E-state index contributed by atoms with van der Waals surface area (Å²) in [6.45, 7) is 9.42. The first-order valence-corrected chi connectivity index (χ1v) is 8.04. The fourth-order valence-corrected chi connectivity index (χ4v) is 2.89. The van der Waals surface area contributed by atoms with E-state index in [1.807, 2.05) is 0 Å². The van der Waals surface area contributed by atoms with Crippen LogP contribution in [-0.2, 0) is 4.74 Å². The highest BCUT2D eigenvalue weighted by atomic mass is 16.5. The zero-order chi connectivity index (χ0) is 14.4. The standard InChI is InChI=1S/C15H30N4O/c1-12-5-7-19(8-6-12)13(2)10-17-15(16)18-11-14-4-3-9-20-14/h12-14H,3-11H2,1-2H3,(H3,16,17,18). The molecule has 0 aliphatic carbocycles. The Morgan fingerprint density at radius 1 is 1.40 bits per heavy atom. The van der Waals surface area contributed by atoms with Gasteiger partial charge in [0.05, 0.1) is 12.6 Å². The predicted octanol–water partition coefficient (Wildman–Crippen LogP) is 1.19. The third kappa shape index (κ3) is 4.94. The molecule has 3 N–H and O–H groups in total. The van der Waals surface area contributed by atoms with Gasteiger partial charge in [0.15, 0.2) is 5.96 Å². The van der Waals surface area contributed by atoms with Gasteiger partial charge in [-0.2, -0.15) is 0 Å². The molecule has 2 fully saturated rings. The SMILES string of the molecule is CC1CCN(C(C)CN=C(N)NCC2CCCO2)CC1. The Balaban J connectivity index is 1.65. The first-order valence-electron chi connectivity index (χ1n) is 8.04. The van der Waals surface area contributed by atoms with Crippen molar-refractivity contribution in [1.82, 2.24) is 10.2 Å². The number of guanidine groups is 1. The molecule has 0 aromatic carbocycles. The minimum atomic E-state index is 0.310. The van der Waals surface area contributed by atoms with Gasteiger partial charge in [0.1, 0.15) is 0 Å². The molecular formula is C15H30N4O. The van der Waals surface area contributed by atoms with Crippen molar-refractivity contribution in [2.45, 2.75) is 51.7 Å². The van der Waals surface area contributed by atoms with Crippen LogP contribution in [0.2, 0.25) is 0 Å². The summed E-state index contributed by atoms with van der Waals surface area (Å²) in [6.07, 6.45) is 5.21. The Morgan fingerprint density at radius 3 is 2.80 bits per heavy atom. The Hall–Kier alpha value is -0.810. The number of nitrogens with two attached hydrogens (primary N) is 1. The maximum Gasteiger partial charge on any atom is 0.188 e. The summed E-state index contributed by atoms with van der Waals surface area (Å²) in [5, 5.41) is 3.17. The fraction of sp³-hybridized carbons (Fsp3) is 0.933. The van der Waals surface area contributed by atoms with Crippen molar-refractivity contribution < 1.29 is 4.74 Å². The maximum atomic E-state index is 5.92. The van der Waals surface area contributed by atoms with Crippen molar-refractivity contribution in [3.8, 4) is 0 Å². The molecule has 2 saturated heterocycles. The van der Waals surface area contributed by atoms with Crippen molar-refractivity contribution in [2.24, 2.45) is 16.6 Å². The molecule has 2 unspecified atom stereocenters. The number of likely N-dealkylation sites (tertiary alicyclic amines) is 1. The first kappa shape index (κ1) is 15.6. The van der Waals surface area contributed by atoms with Gasteiger partial charge >= 0.3 is 0 Å². The minimum Gasteiger partial charge on any atom is -0.376 e. The molecule has 0 radical (unpaired) electrons. The number of hydrogen-bond acceptors (Lipinski definition) is 3. The van der Waals surface area contributed by atoms with Crippen molar-refractivity contribution in [3.05, 3.63) is 0 Å². The lowest BCUT2D eigenvalue weighted by atomic mass is 9.98. The monoisotopic (exact) mass is 282 g/mol. The molecule has 0 aromatic heterocycles. The van der Waals surface area contributed by atoms with Gasteiger partial charge in [0, 0.05) is 19.2 Å². The van der Waals surface area contributed by atoms with E-state index in [4.69, 9.17) is 10.5 Å². The molecule has 0 spiro atoms. The lowest BCUT2D eigenvalue weighted by molar-refractivity contribution is 0.114. The zero-order valence-electron chi connectivity index (χ0n) is 13.0. The molecule has 20 heavy (non-hydrogen) atoms. The first-order chi connectivity index (χ1) is 9.65. The van der Waals surface area contributed by atoms with Crippen LogP contribution in [0.5, 0.6) is 0 Å². The number of rotatable bonds is 5. The van der Waals surface area contributed by atoms with E-state index in [2.05, 4.69) is 29.1 Å². The number of piperidine rings is 1. The van der Waals surface area contributed by atoms with Gasteiger partial charge in [-0.1, -0.05) is 6.92 Å². The molecular weight excluding hydrogens is 252 g/mol. The number of nitrogens with zero attached hydrogens (tertiary/aromatic N) is 2. The minimum absolute atomic E-state index is 0.310. The smallest absolute Gasteiger partial charge is 0.188 e. The van der Waals surface area contributed by atoms with E-state index in [1.54, 1.807) is 0 Å². The Kier molecular flexibility index (Phi) is 6.10. The van der Waals surface area contributed by atoms with Crippen LogP contribution in [0.1, 0.15) is 39.5 Å². The Bertz CT molecular complexity index is 307. The van der Waals surface area contributed by atoms with Crippen LogP contribution in [0.4, 0.5) is 0 Å². The van der Waals surface area contributed by atoms with Crippen LogP contribution in [0.25, 0.3) is 0 Å². The highest BCUT2D eigenvalue weighted by molar-refractivity contribution is 5.77. The normalized spacial score (nSPS) is 27.7. The summed E-state index contributed by atoms with van der Waals surface area (Å²) in [5.74, 6) is 1.43. The molecule has 0 amide bonds. The maximum absolute atomic E-state index is 5.92. The van der Waals surface area contributed by atoms with Gasteiger partial charge in [0.25, 0.3) is 0 Å². The molecule has 116 valence electrons. The van der Waals surface area contributed by atoms with Crippen LogP contribution in [0.15, 0.2) is 4.99 Å². The van der Waals surface area contributed by atoms with E-state index < -0.39 is 0 Å². The summed E-state index contributed by atoms with van der Waals surface area (Å²) in [6, 6.07) is 0.477. The molecule has 2 rings (SSSR count). The van der Waals surface area contributed by atoms with E-state index in [0.717, 1.165) is 38.5 Å². The predicted molar refractivity (Wildman–Crippen MR) is 82.9 cm³/mol. The topological polar surface area (TPSA) is 62.9 Å². The molecule has 5 nitrogen and oxygen atoms in total. The molecule has 2 atom stereocenters. The highest BCUT2D eigenvalue weighted by Crippen LogP contribution is 2.17. The average molecular weight is 282 g/mol. The average Bonchev–Trinajstić information content (AvgIpc) is 2.96. The highest BCUT2D eigenvalue weighted by Gasteiger charge is 2.20. The van der Waals surface area contributed by atoms with Crippen LogP contribution >= 0.6 is 0 Å². The largest absolute Gasteiger partial charge is 0.376 e. The van der Waals surface area contributed by atoms with E-state index >= 15 is 0 Å². The van der Waals surface area contributed by atoms with Gasteiger partial charge in [-0.3, -0.25) is 9.89 Å². The van der Waals surface area contributed by atoms with Crippen molar-refractivity contribution in [1.29, 1.82) is 0 Å². The second kappa shape index (κ2) is 7.84. The van der Waals surface area contributed by atoms with Crippen molar-refractivity contribution in [2.75, 3.05) is 32.8 Å². The van der Waals surface area contributed by atoms with Crippen molar-refractivity contribution in [3.63, 3.8) is 0 Å². The van der Waals surface area contributed by atoms with Crippen LogP contribution < -0.4 is 11.1 Å². The molecule has 0 saturated carbocycles. The second-order valence-electron chi connectivity index (χ2n) is 6.31. The molecule has 0 aromatic rings. The third-order valence-corrected chi connectivity index (χ3v) is 4.50. The summed E-state index contributed by atoms with van der Waals surface area (Å²) < 4.78 is 5.55. The second-order valence-corrected chi connectivity index (χ2v) is 6.31. The fourth-order valence-electron chi connectivity index (χ4n) is 2.89. The quantitative estimate of drug-likeness (QED) is 0.587. The summed E-state index contributed by atoms with van der Waals surface area (Å²) in [5.41, 5.74) is 5.92. The van der Waals surface area contributed by atoms with Gasteiger partial charge in [-0.05, 0) is 51.6 Å². The lowest BCUT2D eigenvalue weighted by Crippen LogP contribution is -2.42. The summed E-state index contributed by atoms with van der Waals surface area (Å²) >= 11 is 0. The van der Waals surface area contributed by atoms with E-state index in [0.29, 0.717) is 18.1 Å². The van der Waals surface area contributed by atoms with Gasteiger partial charge in [-0.25, -0.2) is 0 Å². The number of nitrogens with one attached hydrogen (secondary N) is 1. The van der Waals surface area contributed by atoms with E-state index in [1.165, 1.54) is 25.9 Å². The number of aliphatic imine (C=N–C) groups is 1. The summed E-state index contributed by atoms with van der Waals surface area (Å²) in [7, 11) is 0. The molecule has 2 aliphatic rings. The Labute approximate surface area is 122 Å². The van der Waals surface area contributed by atoms with Gasteiger partial charge in [-0.15, -0.1) is 0 Å². The third-order valence-electron chi connectivity index (χ3n) is 4.50. The zero-order valence-corrected chi connectivity index (χ0v) is 13.0. The molecule has 2 heterocycles. The van der Waals surface area contributed by atoms with E-state index in [-0.39, 0.29) is 0 Å². The van der Waals surface area contributed by atoms with Gasteiger partial charge < -0.3 is 15.8 Å².